The Labute approximate surface area is 183 Å². The van der Waals surface area contributed by atoms with E-state index in [1.54, 1.807) is 23.2 Å². The highest BCUT2D eigenvalue weighted by atomic mass is 16.3. The number of imidazole rings is 1. The Morgan fingerprint density at radius 1 is 1.25 bits per heavy atom. The predicted molar refractivity (Wildman–Crippen MR) is 119 cm³/mol. The first-order valence-electron chi connectivity index (χ1n) is 10.6. The number of aromatic amines is 1. The van der Waals surface area contributed by atoms with Crippen LogP contribution >= 0.6 is 0 Å². The fourth-order valence-electron chi connectivity index (χ4n) is 4.46. The zero-order valence-electron chi connectivity index (χ0n) is 17.7. The first-order chi connectivity index (χ1) is 15.4. The van der Waals surface area contributed by atoms with E-state index in [9.17, 15) is 14.7 Å². The fraction of sp³-hybridized carbons (Fsp3) is 0.304. The van der Waals surface area contributed by atoms with Crippen LogP contribution in [-0.4, -0.2) is 60.5 Å². The first kappa shape index (κ1) is 20.2. The number of aliphatic hydroxyl groups excluding tert-OH is 1. The number of rotatable bonds is 5. The van der Waals surface area contributed by atoms with E-state index >= 15 is 0 Å². The zero-order valence-corrected chi connectivity index (χ0v) is 17.7. The molecule has 0 radical (unpaired) electrons. The van der Waals surface area contributed by atoms with Crippen LogP contribution in [0.1, 0.15) is 34.2 Å². The molecule has 1 aliphatic heterocycles. The van der Waals surface area contributed by atoms with Crippen molar-refractivity contribution >= 4 is 33.9 Å². The van der Waals surface area contributed by atoms with Gasteiger partial charge in [-0.15, -0.1) is 0 Å². The van der Waals surface area contributed by atoms with E-state index in [-0.39, 0.29) is 18.5 Å². The topological polar surface area (TPSA) is 130 Å². The Kier molecular flexibility index (Phi) is 4.90. The van der Waals surface area contributed by atoms with Gasteiger partial charge in [0, 0.05) is 43.7 Å². The third-order valence-electron chi connectivity index (χ3n) is 6.11. The molecule has 164 valence electrons. The SMILES string of the molecule is Cc1ccc2nc(CCC(=O)N3C[C@@H](O)[C@H](n4ccc5c(C(N)=O)ccnc54)C3)[nH]c2c1. The van der Waals surface area contributed by atoms with E-state index in [0.717, 1.165) is 22.4 Å². The van der Waals surface area contributed by atoms with Crippen molar-refractivity contribution in [1.82, 2.24) is 24.4 Å². The van der Waals surface area contributed by atoms with Crippen LogP contribution in [0.3, 0.4) is 0 Å². The van der Waals surface area contributed by atoms with Crippen LogP contribution in [0.15, 0.2) is 42.7 Å². The van der Waals surface area contributed by atoms with E-state index in [1.807, 2.05) is 29.7 Å². The standard InChI is InChI=1S/C23H24N6O3/c1-13-2-3-16-17(10-13)27-20(26-16)4-5-21(31)28-11-18(19(30)12-28)29-9-7-15-14(22(24)32)6-8-25-23(15)29/h2-3,6-10,18-19,30H,4-5,11-12H2,1H3,(H2,24,32)(H,26,27)/t18-,19-/m1/s1. The number of amides is 2. The number of pyridine rings is 1. The molecule has 2 atom stereocenters. The van der Waals surface area contributed by atoms with Crippen molar-refractivity contribution in [2.75, 3.05) is 13.1 Å². The molecular weight excluding hydrogens is 408 g/mol. The first-order valence-corrected chi connectivity index (χ1v) is 10.6. The van der Waals surface area contributed by atoms with Gasteiger partial charge in [-0.25, -0.2) is 9.97 Å². The lowest BCUT2D eigenvalue weighted by atomic mass is 10.2. The Morgan fingerprint density at radius 3 is 2.91 bits per heavy atom. The maximum atomic E-state index is 12.8. The summed E-state index contributed by atoms with van der Waals surface area (Å²) in [5.41, 5.74) is 9.41. The van der Waals surface area contributed by atoms with Gasteiger partial charge in [-0.2, -0.15) is 0 Å². The van der Waals surface area contributed by atoms with Crippen LogP contribution in [0.2, 0.25) is 0 Å². The number of fused-ring (bicyclic) bond motifs is 2. The lowest BCUT2D eigenvalue weighted by Crippen LogP contribution is -2.29. The number of carbonyl (C=O) groups is 2. The Balaban J connectivity index is 1.29. The maximum Gasteiger partial charge on any atom is 0.249 e. The van der Waals surface area contributed by atoms with Crippen molar-refractivity contribution in [1.29, 1.82) is 0 Å². The van der Waals surface area contributed by atoms with Gasteiger partial charge in [0.25, 0.3) is 0 Å². The van der Waals surface area contributed by atoms with Gasteiger partial charge in [-0.1, -0.05) is 6.07 Å². The third-order valence-corrected chi connectivity index (χ3v) is 6.11. The number of hydrogen-bond donors (Lipinski definition) is 3. The number of aliphatic hydroxyl groups is 1. The average Bonchev–Trinajstić information content (AvgIpc) is 3.47. The largest absolute Gasteiger partial charge is 0.389 e. The third kappa shape index (κ3) is 3.50. The van der Waals surface area contributed by atoms with Crippen molar-refractivity contribution in [3.8, 4) is 0 Å². The van der Waals surface area contributed by atoms with Crippen molar-refractivity contribution < 1.29 is 14.7 Å². The minimum atomic E-state index is -0.734. The molecule has 4 N–H and O–H groups in total. The molecule has 0 unspecified atom stereocenters. The molecule has 0 spiro atoms. The van der Waals surface area contributed by atoms with Crippen LogP contribution in [0.5, 0.6) is 0 Å². The van der Waals surface area contributed by atoms with Crippen LogP contribution in [0.4, 0.5) is 0 Å². The number of likely N-dealkylation sites (tertiary alicyclic amines) is 1. The predicted octanol–water partition coefficient (Wildman–Crippen LogP) is 1.70. The van der Waals surface area contributed by atoms with Gasteiger partial charge in [0.15, 0.2) is 0 Å². The summed E-state index contributed by atoms with van der Waals surface area (Å²) in [4.78, 5) is 38.4. The molecule has 4 aromatic rings. The number of hydrogen-bond acceptors (Lipinski definition) is 5. The molecule has 1 aromatic carbocycles. The molecule has 5 rings (SSSR count). The summed E-state index contributed by atoms with van der Waals surface area (Å²) in [6.07, 6.45) is 3.37. The highest BCUT2D eigenvalue weighted by Gasteiger charge is 2.35. The molecule has 0 saturated carbocycles. The molecule has 2 amide bonds. The van der Waals surface area contributed by atoms with Crippen molar-refractivity contribution in [3.05, 3.63) is 59.7 Å². The van der Waals surface area contributed by atoms with Crippen molar-refractivity contribution in [2.45, 2.75) is 31.9 Å². The summed E-state index contributed by atoms with van der Waals surface area (Å²) in [7, 11) is 0. The number of aromatic nitrogens is 4. The molecule has 32 heavy (non-hydrogen) atoms. The second-order valence-electron chi connectivity index (χ2n) is 8.32. The molecule has 9 nitrogen and oxygen atoms in total. The number of carbonyl (C=O) groups excluding carboxylic acids is 2. The number of benzene rings is 1. The van der Waals surface area contributed by atoms with Gasteiger partial charge < -0.3 is 25.3 Å². The summed E-state index contributed by atoms with van der Waals surface area (Å²) in [5, 5.41) is 11.3. The van der Waals surface area contributed by atoms with Crippen molar-refractivity contribution in [2.24, 2.45) is 5.73 Å². The van der Waals surface area contributed by atoms with Gasteiger partial charge >= 0.3 is 0 Å². The van der Waals surface area contributed by atoms with Crippen LogP contribution in [0, 0.1) is 6.92 Å². The number of nitrogens with one attached hydrogen (secondary N) is 1. The second kappa shape index (κ2) is 7.76. The summed E-state index contributed by atoms with van der Waals surface area (Å²) < 4.78 is 1.82. The summed E-state index contributed by atoms with van der Waals surface area (Å²) in [5.74, 6) is 0.208. The lowest BCUT2D eigenvalue weighted by Gasteiger charge is -2.17. The number of nitrogens with two attached hydrogens (primary N) is 1. The van der Waals surface area contributed by atoms with Crippen molar-refractivity contribution in [3.63, 3.8) is 0 Å². The molecular formula is C23H24N6O3. The highest BCUT2D eigenvalue weighted by Crippen LogP contribution is 2.28. The van der Waals surface area contributed by atoms with E-state index in [4.69, 9.17) is 5.73 Å². The van der Waals surface area contributed by atoms with E-state index in [1.165, 1.54) is 6.20 Å². The minimum absolute atomic E-state index is 0.0366. The quantitative estimate of drug-likeness (QED) is 0.442. The summed E-state index contributed by atoms with van der Waals surface area (Å²) >= 11 is 0. The highest BCUT2D eigenvalue weighted by molar-refractivity contribution is 6.04. The molecule has 0 bridgehead atoms. The van der Waals surface area contributed by atoms with E-state index in [2.05, 4.69) is 15.0 Å². The number of aryl methyl sites for hydroxylation is 2. The molecule has 0 aliphatic carbocycles. The molecule has 1 saturated heterocycles. The zero-order chi connectivity index (χ0) is 22.4. The molecule has 9 heteroatoms. The normalized spacial score (nSPS) is 18.6. The minimum Gasteiger partial charge on any atom is -0.389 e. The van der Waals surface area contributed by atoms with Crippen LogP contribution < -0.4 is 5.73 Å². The number of β-amino-alcohol motifs (C(OH)–C–C–N with tert-alkyl or cyclic N) is 1. The fourth-order valence-corrected chi connectivity index (χ4v) is 4.46. The van der Waals surface area contributed by atoms with E-state index in [0.29, 0.717) is 36.0 Å². The monoisotopic (exact) mass is 432 g/mol. The second-order valence-corrected chi connectivity index (χ2v) is 8.32. The lowest BCUT2D eigenvalue weighted by molar-refractivity contribution is -0.130. The molecule has 1 aliphatic rings. The number of H-pyrrole nitrogens is 1. The number of nitrogens with zero attached hydrogens (tertiary/aromatic N) is 4. The summed E-state index contributed by atoms with van der Waals surface area (Å²) in [6.45, 7) is 2.64. The summed E-state index contributed by atoms with van der Waals surface area (Å²) in [6, 6.07) is 9.01. The van der Waals surface area contributed by atoms with Gasteiger partial charge in [-0.3, -0.25) is 9.59 Å². The smallest absolute Gasteiger partial charge is 0.249 e. The van der Waals surface area contributed by atoms with Gasteiger partial charge in [0.2, 0.25) is 11.8 Å². The van der Waals surface area contributed by atoms with E-state index < -0.39 is 12.0 Å². The van der Waals surface area contributed by atoms with Crippen LogP contribution in [-0.2, 0) is 11.2 Å². The van der Waals surface area contributed by atoms with Crippen LogP contribution in [0.25, 0.3) is 22.1 Å². The Bertz CT molecular complexity index is 1340. The van der Waals surface area contributed by atoms with Gasteiger partial charge in [0.1, 0.15) is 11.5 Å². The van der Waals surface area contributed by atoms with Gasteiger partial charge in [0.05, 0.1) is 28.7 Å². The molecule has 4 heterocycles. The number of primary amides is 1. The molecule has 1 fully saturated rings. The average molecular weight is 432 g/mol. The Morgan fingerprint density at radius 2 is 2.09 bits per heavy atom. The van der Waals surface area contributed by atoms with Gasteiger partial charge in [-0.05, 0) is 36.8 Å². The Hall–Kier alpha value is -3.72. The maximum absolute atomic E-state index is 12.8. The molecule has 3 aromatic heterocycles.